The number of amides is 1. The van der Waals surface area contributed by atoms with Crippen molar-refractivity contribution in [3.8, 4) is 5.69 Å². The van der Waals surface area contributed by atoms with Crippen LogP contribution in [-0.2, 0) is 0 Å². The van der Waals surface area contributed by atoms with E-state index in [4.69, 9.17) is 4.98 Å². The molecule has 0 radical (unpaired) electrons. The lowest BCUT2D eigenvalue weighted by atomic mass is 10.0. The predicted octanol–water partition coefficient (Wildman–Crippen LogP) is 3.67. The van der Waals surface area contributed by atoms with E-state index in [1.165, 1.54) is 6.33 Å². The normalized spacial score (nSPS) is 11.6. The molecule has 0 aliphatic carbocycles. The summed E-state index contributed by atoms with van der Waals surface area (Å²) < 4.78 is 3.44. The van der Waals surface area contributed by atoms with Gasteiger partial charge in [0.05, 0.1) is 22.8 Å². The molecule has 4 rings (SSSR count). The fourth-order valence-corrected chi connectivity index (χ4v) is 3.36. The van der Waals surface area contributed by atoms with Gasteiger partial charge in [-0.1, -0.05) is 13.8 Å². The van der Waals surface area contributed by atoms with Gasteiger partial charge in [-0.25, -0.2) is 14.3 Å². The molecule has 1 amide bonds. The van der Waals surface area contributed by atoms with Gasteiger partial charge >= 0.3 is 0 Å². The van der Waals surface area contributed by atoms with Gasteiger partial charge in [-0.15, -0.1) is 5.10 Å². The van der Waals surface area contributed by atoms with Gasteiger partial charge in [0.1, 0.15) is 6.33 Å². The molecule has 0 aliphatic heterocycles. The van der Waals surface area contributed by atoms with Crippen molar-refractivity contribution in [2.24, 2.45) is 0 Å². The van der Waals surface area contributed by atoms with Crippen molar-refractivity contribution < 1.29 is 4.79 Å². The van der Waals surface area contributed by atoms with Crippen LogP contribution in [0.4, 0.5) is 5.69 Å². The van der Waals surface area contributed by atoms with Crippen LogP contribution in [0, 0.1) is 6.92 Å². The predicted molar refractivity (Wildman–Crippen MR) is 114 cm³/mol. The number of tetrazole rings is 1. The van der Waals surface area contributed by atoms with E-state index in [-0.39, 0.29) is 17.9 Å². The number of hydrogen-bond donors (Lipinski definition) is 1. The zero-order valence-corrected chi connectivity index (χ0v) is 17.7. The van der Waals surface area contributed by atoms with Crippen molar-refractivity contribution in [1.29, 1.82) is 0 Å². The number of nitrogens with one attached hydrogen (secondary N) is 1. The molecule has 0 bridgehead atoms. The van der Waals surface area contributed by atoms with Crippen LogP contribution >= 0.6 is 0 Å². The van der Waals surface area contributed by atoms with Crippen molar-refractivity contribution in [3.05, 3.63) is 53.6 Å². The number of aromatic nitrogens is 7. The van der Waals surface area contributed by atoms with Crippen LogP contribution in [-0.4, -0.2) is 40.9 Å². The average molecular weight is 404 g/mol. The SMILES string of the molecule is Cc1cc(NC(=O)c2cc(C(C)C)nc3c2cnn3C(C)C)ccc1-n1cnnn1. The van der Waals surface area contributed by atoms with Crippen LogP contribution in [0.25, 0.3) is 16.7 Å². The molecule has 9 nitrogen and oxygen atoms in total. The highest BCUT2D eigenvalue weighted by atomic mass is 16.1. The van der Waals surface area contributed by atoms with Crippen molar-refractivity contribution in [2.45, 2.75) is 46.6 Å². The van der Waals surface area contributed by atoms with E-state index >= 15 is 0 Å². The first-order valence-electron chi connectivity index (χ1n) is 9.88. The quantitative estimate of drug-likeness (QED) is 0.544. The van der Waals surface area contributed by atoms with E-state index in [2.05, 4.69) is 39.8 Å². The first-order valence-corrected chi connectivity index (χ1v) is 9.88. The Bertz CT molecular complexity index is 1210. The molecule has 0 fully saturated rings. The molecule has 3 aromatic heterocycles. The van der Waals surface area contributed by atoms with Crippen LogP contribution in [0.1, 0.15) is 61.3 Å². The smallest absolute Gasteiger partial charge is 0.256 e. The summed E-state index contributed by atoms with van der Waals surface area (Å²) in [5.41, 5.74) is 4.64. The van der Waals surface area contributed by atoms with Gasteiger partial charge in [0, 0.05) is 17.4 Å². The third-order valence-electron chi connectivity index (χ3n) is 4.96. The zero-order chi connectivity index (χ0) is 21.4. The minimum atomic E-state index is -0.192. The van der Waals surface area contributed by atoms with Crippen LogP contribution in [0.3, 0.4) is 0 Å². The molecule has 30 heavy (non-hydrogen) atoms. The molecule has 3 heterocycles. The van der Waals surface area contributed by atoms with Gasteiger partial charge < -0.3 is 5.32 Å². The van der Waals surface area contributed by atoms with Gasteiger partial charge in [0.25, 0.3) is 5.91 Å². The number of rotatable bonds is 5. The first kappa shape index (κ1) is 19.7. The summed E-state index contributed by atoms with van der Waals surface area (Å²) in [7, 11) is 0. The lowest BCUT2D eigenvalue weighted by Gasteiger charge is -2.13. The lowest BCUT2D eigenvalue weighted by molar-refractivity contribution is 0.102. The minimum Gasteiger partial charge on any atom is -0.322 e. The number of hydrogen-bond acceptors (Lipinski definition) is 6. The molecule has 9 heteroatoms. The molecule has 4 aromatic rings. The Morgan fingerprint density at radius 2 is 1.93 bits per heavy atom. The molecule has 1 N–H and O–H groups in total. The van der Waals surface area contributed by atoms with Gasteiger partial charge in [-0.2, -0.15) is 5.10 Å². The second kappa shape index (κ2) is 7.66. The van der Waals surface area contributed by atoms with Gasteiger partial charge in [-0.3, -0.25) is 4.79 Å². The standard InChI is InChI=1S/C21H24N8O/c1-12(2)18-9-16(17-10-23-29(13(3)4)20(17)25-18)21(30)24-15-6-7-19(14(5)8-15)28-11-22-26-27-28/h6-13H,1-5H3,(H,24,30). The highest BCUT2D eigenvalue weighted by molar-refractivity contribution is 6.12. The largest absolute Gasteiger partial charge is 0.322 e. The van der Waals surface area contributed by atoms with Gasteiger partial charge in [0.15, 0.2) is 5.65 Å². The van der Waals surface area contributed by atoms with E-state index in [1.807, 2.05) is 49.7 Å². The van der Waals surface area contributed by atoms with E-state index in [9.17, 15) is 4.79 Å². The molecule has 0 spiro atoms. The Morgan fingerprint density at radius 1 is 1.13 bits per heavy atom. The second-order valence-electron chi connectivity index (χ2n) is 7.88. The molecule has 0 aliphatic rings. The molecule has 0 unspecified atom stereocenters. The fourth-order valence-electron chi connectivity index (χ4n) is 3.36. The number of anilines is 1. The topological polar surface area (TPSA) is 103 Å². The van der Waals surface area contributed by atoms with Crippen molar-refractivity contribution in [1.82, 2.24) is 35.0 Å². The Balaban J connectivity index is 1.70. The first-order chi connectivity index (χ1) is 14.3. The van der Waals surface area contributed by atoms with Gasteiger partial charge in [0.2, 0.25) is 0 Å². The van der Waals surface area contributed by atoms with E-state index in [0.29, 0.717) is 11.3 Å². The molecule has 0 atom stereocenters. The Hall–Kier alpha value is -3.62. The number of aryl methyl sites for hydroxylation is 1. The summed E-state index contributed by atoms with van der Waals surface area (Å²) in [6.07, 6.45) is 3.25. The fraction of sp³-hybridized carbons (Fsp3) is 0.333. The highest BCUT2D eigenvalue weighted by Crippen LogP contribution is 2.26. The zero-order valence-electron chi connectivity index (χ0n) is 17.7. The third-order valence-corrected chi connectivity index (χ3v) is 4.96. The Morgan fingerprint density at radius 3 is 2.57 bits per heavy atom. The number of nitrogens with zero attached hydrogens (tertiary/aromatic N) is 7. The van der Waals surface area contributed by atoms with E-state index in [1.54, 1.807) is 10.9 Å². The maximum absolute atomic E-state index is 13.2. The highest BCUT2D eigenvalue weighted by Gasteiger charge is 2.19. The van der Waals surface area contributed by atoms with Crippen molar-refractivity contribution in [3.63, 3.8) is 0 Å². The number of carbonyl (C=O) groups excluding carboxylic acids is 1. The number of fused-ring (bicyclic) bond motifs is 1. The molecule has 0 saturated carbocycles. The lowest BCUT2D eigenvalue weighted by Crippen LogP contribution is -2.14. The number of benzene rings is 1. The molecule has 0 saturated heterocycles. The minimum absolute atomic E-state index is 0.148. The molecule has 1 aromatic carbocycles. The Kier molecular flexibility index (Phi) is 5.03. The maximum atomic E-state index is 13.2. The van der Waals surface area contributed by atoms with Crippen LogP contribution in [0.15, 0.2) is 36.8 Å². The van der Waals surface area contributed by atoms with Crippen LogP contribution < -0.4 is 5.32 Å². The average Bonchev–Trinajstić information content (AvgIpc) is 3.37. The summed E-state index contributed by atoms with van der Waals surface area (Å²) in [5, 5.41) is 19.4. The summed E-state index contributed by atoms with van der Waals surface area (Å²) >= 11 is 0. The van der Waals surface area contributed by atoms with Crippen LogP contribution in [0.5, 0.6) is 0 Å². The molecular formula is C21H24N8O. The molecule has 154 valence electrons. The third kappa shape index (κ3) is 3.54. The Labute approximate surface area is 174 Å². The van der Waals surface area contributed by atoms with Crippen molar-refractivity contribution in [2.75, 3.05) is 5.32 Å². The maximum Gasteiger partial charge on any atom is 0.256 e. The monoisotopic (exact) mass is 404 g/mol. The van der Waals surface area contributed by atoms with E-state index in [0.717, 1.165) is 28.0 Å². The molecular weight excluding hydrogens is 380 g/mol. The number of carbonyl (C=O) groups is 1. The summed E-state index contributed by atoms with van der Waals surface area (Å²) in [4.78, 5) is 18.0. The summed E-state index contributed by atoms with van der Waals surface area (Å²) in [5.74, 6) is -0.00328. The summed E-state index contributed by atoms with van der Waals surface area (Å²) in [6.45, 7) is 10.2. The van der Waals surface area contributed by atoms with E-state index < -0.39 is 0 Å². The second-order valence-corrected chi connectivity index (χ2v) is 7.88. The van der Waals surface area contributed by atoms with Crippen molar-refractivity contribution >= 4 is 22.6 Å². The number of pyridine rings is 1. The summed E-state index contributed by atoms with van der Waals surface area (Å²) in [6, 6.07) is 7.61. The van der Waals surface area contributed by atoms with Crippen LogP contribution in [0.2, 0.25) is 0 Å². The van der Waals surface area contributed by atoms with Gasteiger partial charge in [-0.05, 0) is 66.9 Å².